The quantitative estimate of drug-likeness (QED) is 0.857. The predicted octanol–water partition coefficient (Wildman–Crippen LogP) is 2.28. The zero-order chi connectivity index (χ0) is 13.8. The smallest absolute Gasteiger partial charge is 0.231 e. The van der Waals surface area contributed by atoms with Crippen molar-refractivity contribution in [3.05, 3.63) is 11.7 Å². The second-order valence-corrected chi connectivity index (χ2v) is 6.12. The largest absolute Gasteiger partial charge is 0.381 e. The minimum atomic E-state index is 0.378. The van der Waals surface area contributed by atoms with E-state index in [2.05, 4.69) is 15.5 Å². The molecule has 1 aromatic heterocycles. The third kappa shape index (κ3) is 3.20. The summed E-state index contributed by atoms with van der Waals surface area (Å²) >= 11 is 0. The van der Waals surface area contributed by atoms with Crippen LogP contribution in [0.25, 0.3) is 0 Å². The molecule has 3 atom stereocenters. The highest BCUT2D eigenvalue weighted by molar-refractivity contribution is 5.01. The Hall–Kier alpha value is -0.940. The fourth-order valence-corrected chi connectivity index (χ4v) is 3.45. The number of hydrogen-bond donors (Lipinski definition) is 1. The van der Waals surface area contributed by atoms with Crippen LogP contribution in [0, 0.1) is 5.92 Å². The third-order valence-electron chi connectivity index (χ3n) is 4.68. The first-order valence-corrected chi connectivity index (χ1v) is 7.94. The Bertz CT molecular complexity index is 415. The topological polar surface area (TPSA) is 60.2 Å². The van der Waals surface area contributed by atoms with Gasteiger partial charge in [0.15, 0.2) is 5.82 Å². The van der Waals surface area contributed by atoms with E-state index >= 15 is 0 Å². The molecule has 1 saturated heterocycles. The molecule has 0 radical (unpaired) electrons. The molecule has 5 heteroatoms. The molecule has 3 rings (SSSR count). The Balaban J connectivity index is 1.67. The molecule has 2 heterocycles. The van der Waals surface area contributed by atoms with Gasteiger partial charge in [-0.2, -0.15) is 4.98 Å². The lowest BCUT2D eigenvalue weighted by atomic mass is 9.95. The van der Waals surface area contributed by atoms with Crippen LogP contribution in [0.15, 0.2) is 4.52 Å². The third-order valence-corrected chi connectivity index (χ3v) is 4.68. The van der Waals surface area contributed by atoms with Crippen LogP contribution >= 0.6 is 0 Å². The van der Waals surface area contributed by atoms with Crippen molar-refractivity contribution in [3.8, 4) is 0 Å². The standard InChI is InChI=1S/C15H25N3O2/c1-16-13-6-4-2-3-5-12(13)15-17-14(18-20-15)9-11-7-8-19-10-11/h11-13,16H,2-10H2,1H3. The molecule has 0 bridgehead atoms. The highest BCUT2D eigenvalue weighted by atomic mass is 16.5. The number of hydrogen-bond acceptors (Lipinski definition) is 5. The van der Waals surface area contributed by atoms with Gasteiger partial charge in [-0.15, -0.1) is 0 Å². The molecule has 3 unspecified atom stereocenters. The summed E-state index contributed by atoms with van der Waals surface area (Å²) in [5.41, 5.74) is 0. The number of nitrogens with zero attached hydrogens (tertiary/aromatic N) is 2. The SMILES string of the molecule is CNC1CCCCCC1c1nc(CC2CCOC2)no1. The Kier molecular flexibility index (Phi) is 4.68. The van der Waals surface area contributed by atoms with E-state index in [1.54, 1.807) is 0 Å². The van der Waals surface area contributed by atoms with Crippen LogP contribution in [0.3, 0.4) is 0 Å². The van der Waals surface area contributed by atoms with E-state index in [1.807, 2.05) is 7.05 Å². The summed E-state index contributed by atoms with van der Waals surface area (Å²) in [7, 11) is 2.04. The van der Waals surface area contributed by atoms with Gasteiger partial charge >= 0.3 is 0 Å². The van der Waals surface area contributed by atoms with Gasteiger partial charge in [0.05, 0.1) is 5.92 Å². The predicted molar refractivity (Wildman–Crippen MR) is 75.6 cm³/mol. The summed E-state index contributed by atoms with van der Waals surface area (Å²) in [6.07, 6.45) is 8.23. The highest BCUT2D eigenvalue weighted by Gasteiger charge is 2.29. The van der Waals surface area contributed by atoms with E-state index in [0.29, 0.717) is 17.9 Å². The maximum atomic E-state index is 5.56. The Morgan fingerprint density at radius 1 is 1.20 bits per heavy atom. The lowest BCUT2D eigenvalue weighted by Gasteiger charge is -2.20. The molecule has 1 aromatic rings. The molecule has 20 heavy (non-hydrogen) atoms. The van der Waals surface area contributed by atoms with Crippen LogP contribution in [-0.4, -0.2) is 36.4 Å². The second-order valence-electron chi connectivity index (χ2n) is 6.12. The first-order chi connectivity index (χ1) is 9.86. The molecule has 0 spiro atoms. The molecule has 2 fully saturated rings. The van der Waals surface area contributed by atoms with Crippen molar-refractivity contribution in [2.45, 2.75) is 56.9 Å². The molecule has 2 aliphatic rings. The molecular weight excluding hydrogens is 254 g/mol. The van der Waals surface area contributed by atoms with Gasteiger partial charge in [-0.25, -0.2) is 0 Å². The van der Waals surface area contributed by atoms with Gasteiger partial charge in [-0.3, -0.25) is 0 Å². The van der Waals surface area contributed by atoms with E-state index < -0.39 is 0 Å². The fraction of sp³-hybridized carbons (Fsp3) is 0.867. The Morgan fingerprint density at radius 2 is 2.10 bits per heavy atom. The van der Waals surface area contributed by atoms with Crippen molar-refractivity contribution in [3.63, 3.8) is 0 Å². The summed E-state index contributed by atoms with van der Waals surface area (Å²) in [5.74, 6) is 2.63. The van der Waals surface area contributed by atoms with Gasteiger partial charge < -0.3 is 14.6 Å². The number of nitrogens with one attached hydrogen (secondary N) is 1. The van der Waals surface area contributed by atoms with Crippen molar-refractivity contribution < 1.29 is 9.26 Å². The Morgan fingerprint density at radius 3 is 2.90 bits per heavy atom. The molecule has 1 aliphatic heterocycles. The zero-order valence-corrected chi connectivity index (χ0v) is 12.3. The van der Waals surface area contributed by atoms with Crippen LogP contribution in [0.1, 0.15) is 56.2 Å². The van der Waals surface area contributed by atoms with Crippen molar-refractivity contribution in [2.24, 2.45) is 5.92 Å². The monoisotopic (exact) mass is 279 g/mol. The summed E-state index contributed by atoms with van der Waals surface area (Å²) in [6.45, 7) is 1.71. The molecule has 0 aromatic carbocycles. The van der Waals surface area contributed by atoms with Gasteiger partial charge in [-0.1, -0.05) is 24.4 Å². The molecule has 0 amide bonds. The maximum absolute atomic E-state index is 5.56. The average molecular weight is 279 g/mol. The number of aromatic nitrogens is 2. The van der Waals surface area contributed by atoms with Crippen LogP contribution in [0.5, 0.6) is 0 Å². The van der Waals surface area contributed by atoms with Crippen LogP contribution < -0.4 is 5.32 Å². The van der Waals surface area contributed by atoms with E-state index in [-0.39, 0.29) is 0 Å². The van der Waals surface area contributed by atoms with Crippen molar-refractivity contribution in [1.29, 1.82) is 0 Å². The normalized spacial score (nSPS) is 31.4. The van der Waals surface area contributed by atoms with Crippen LogP contribution in [0.4, 0.5) is 0 Å². The summed E-state index contributed by atoms with van der Waals surface area (Å²) in [6, 6.07) is 0.473. The van der Waals surface area contributed by atoms with Gasteiger partial charge in [0.25, 0.3) is 0 Å². The van der Waals surface area contributed by atoms with Gasteiger partial charge in [0.2, 0.25) is 5.89 Å². The molecule has 5 nitrogen and oxygen atoms in total. The van der Waals surface area contributed by atoms with E-state index in [1.165, 1.54) is 25.7 Å². The summed E-state index contributed by atoms with van der Waals surface area (Å²) in [5, 5.41) is 7.61. The fourth-order valence-electron chi connectivity index (χ4n) is 3.45. The Labute approximate surface area is 120 Å². The van der Waals surface area contributed by atoms with Crippen LogP contribution in [0.2, 0.25) is 0 Å². The zero-order valence-electron chi connectivity index (χ0n) is 12.3. The first kappa shape index (κ1) is 14.0. The summed E-state index contributed by atoms with van der Waals surface area (Å²) in [4.78, 5) is 4.66. The lowest BCUT2D eigenvalue weighted by Crippen LogP contribution is -2.31. The number of likely N-dealkylation sites (N-methyl/N-ethyl adjacent to an activating group) is 1. The second kappa shape index (κ2) is 6.68. The lowest BCUT2D eigenvalue weighted by molar-refractivity contribution is 0.185. The number of rotatable bonds is 4. The van der Waals surface area contributed by atoms with E-state index in [9.17, 15) is 0 Å². The minimum Gasteiger partial charge on any atom is -0.381 e. The first-order valence-electron chi connectivity index (χ1n) is 7.94. The van der Waals surface area contributed by atoms with E-state index in [4.69, 9.17) is 9.26 Å². The van der Waals surface area contributed by atoms with Crippen molar-refractivity contribution >= 4 is 0 Å². The van der Waals surface area contributed by atoms with E-state index in [0.717, 1.165) is 44.2 Å². The van der Waals surface area contributed by atoms with Gasteiger partial charge in [-0.05, 0) is 32.2 Å². The van der Waals surface area contributed by atoms with Crippen molar-refractivity contribution in [1.82, 2.24) is 15.5 Å². The van der Waals surface area contributed by atoms with Gasteiger partial charge in [0, 0.05) is 25.7 Å². The van der Waals surface area contributed by atoms with Crippen molar-refractivity contribution in [2.75, 3.05) is 20.3 Å². The highest BCUT2D eigenvalue weighted by Crippen LogP contribution is 2.31. The molecule has 1 N–H and O–H groups in total. The molecule has 1 aliphatic carbocycles. The van der Waals surface area contributed by atoms with Crippen LogP contribution in [-0.2, 0) is 11.2 Å². The molecule has 112 valence electrons. The summed E-state index contributed by atoms with van der Waals surface area (Å²) < 4.78 is 11.0. The average Bonchev–Trinajstić information content (AvgIpc) is 3.07. The minimum absolute atomic E-state index is 0.378. The van der Waals surface area contributed by atoms with Gasteiger partial charge in [0.1, 0.15) is 0 Å². The maximum Gasteiger partial charge on any atom is 0.231 e. The molecular formula is C15H25N3O2. The number of ether oxygens (including phenoxy) is 1. The molecule has 1 saturated carbocycles.